The average Bonchev–Trinajstić information content (AvgIpc) is 3.19. The molecule has 0 amide bonds. The number of thiophene rings is 1. The van der Waals surface area contributed by atoms with E-state index in [1.54, 1.807) is 15.9 Å². The lowest BCUT2D eigenvalue weighted by molar-refractivity contribution is 0.393. The van der Waals surface area contributed by atoms with E-state index in [4.69, 9.17) is 9.51 Å². The van der Waals surface area contributed by atoms with Gasteiger partial charge in [0.2, 0.25) is 0 Å². The van der Waals surface area contributed by atoms with Crippen molar-refractivity contribution in [3.8, 4) is 5.69 Å². The number of benzene rings is 1. The fourth-order valence-electron chi connectivity index (χ4n) is 3.19. The molecule has 4 aromatic rings. The second-order valence-electron chi connectivity index (χ2n) is 6.93. The molecule has 3 heterocycles. The summed E-state index contributed by atoms with van der Waals surface area (Å²) in [4.78, 5) is 20.3. The van der Waals surface area contributed by atoms with Gasteiger partial charge in [-0.05, 0) is 57.4 Å². The Morgan fingerprint density at radius 1 is 1.14 bits per heavy atom. The zero-order chi connectivity index (χ0) is 20.0. The van der Waals surface area contributed by atoms with Gasteiger partial charge in [-0.15, -0.1) is 11.3 Å². The minimum Gasteiger partial charge on any atom is -0.361 e. The van der Waals surface area contributed by atoms with Crippen molar-refractivity contribution >= 4 is 33.3 Å². The van der Waals surface area contributed by atoms with Gasteiger partial charge in [-0.25, -0.2) is 4.98 Å². The molecule has 0 aliphatic rings. The fraction of sp³-hybridized carbons (Fsp3) is 0.286. The van der Waals surface area contributed by atoms with Crippen LogP contribution in [0.5, 0.6) is 0 Å². The van der Waals surface area contributed by atoms with Crippen molar-refractivity contribution < 1.29 is 4.52 Å². The maximum absolute atomic E-state index is 13.5. The maximum atomic E-state index is 13.5. The van der Waals surface area contributed by atoms with Crippen LogP contribution < -0.4 is 5.56 Å². The van der Waals surface area contributed by atoms with Gasteiger partial charge in [-0.1, -0.05) is 29.1 Å². The number of fused-ring (bicyclic) bond motifs is 1. The molecule has 3 aromatic heterocycles. The lowest BCUT2D eigenvalue weighted by atomic mass is 10.1. The van der Waals surface area contributed by atoms with Crippen molar-refractivity contribution in [2.45, 2.75) is 45.5 Å². The summed E-state index contributed by atoms with van der Waals surface area (Å²) in [5.41, 5.74) is 4.93. The van der Waals surface area contributed by atoms with E-state index in [2.05, 4.69) is 18.1 Å². The zero-order valence-corrected chi connectivity index (χ0v) is 18.1. The first-order valence-electron chi connectivity index (χ1n) is 9.01. The molecule has 144 valence electrons. The maximum Gasteiger partial charge on any atom is 0.267 e. The molecule has 0 radical (unpaired) electrons. The predicted molar refractivity (Wildman–Crippen MR) is 115 cm³/mol. The monoisotopic (exact) mass is 411 g/mol. The van der Waals surface area contributed by atoms with Crippen LogP contribution >= 0.6 is 23.1 Å². The van der Waals surface area contributed by atoms with Crippen molar-refractivity contribution in [3.05, 3.63) is 67.6 Å². The van der Waals surface area contributed by atoms with E-state index in [1.165, 1.54) is 11.8 Å². The number of rotatable bonds is 4. The van der Waals surface area contributed by atoms with Gasteiger partial charge in [0.15, 0.2) is 5.16 Å². The minimum absolute atomic E-state index is 0.0145. The third-order valence-corrected chi connectivity index (χ3v) is 7.09. The van der Waals surface area contributed by atoms with Gasteiger partial charge in [-0.3, -0.25) is 9.36 Å². The Morgan fingerprint density at radius 3 is 2.64 bits per heavy atom. The summed E-state index contributed by atoms with van der Waals surface area (Å²) in [6, 6.07) is 7.93. The van der Waals surface area contributed by atoms with E-state index in [9.17, 15) is 4.79 Å². The highest BCUT2D eigenvalue weighted by Gasteiger charge is 2.19. The highest BCUT2D eigenvalue weighted by Crippen LogP contribution is 2.31. The summed E-state index contributed by atoms with van der Waals surface area (Å²) in [5, 5.41) is 5.45. The molecule has 0 spiro atoms. The number of aromatic nitrogens is 3. The van der Waals surface area contributed by atoms with Crippen molar-refractivity contribution in [1.82, 2.24) is 14.7 Å². The first-order valence-corrected chi connectivity index (χ1v) is 10.8. The first-order chi connectivity index (χ1) is 13.4. The SMILES string of the molecule is Cc1cc(CSc2nc3sc(C)c(C)c3c(=O)n2-c2cccc(C)c2C)no1. The molecule has 5 nitrogen and oxygen atoms in total. The number of nitrogens with zero attached hydrogens (tertiary/aromatic N) is 3. The molecule has 4 rings (SSSR count). The van der Waals surface area contributed by atoms with Crippen molar-refractivity contribution in [3.63, 3.8) is 0 Å². The Kier molecular flexibility index (Phi) is 4.89. The molecule has 0 bridgehead atoms. The molecule has 28 heavy (non-hydrogen) atoms. The van der Waals surface area contributed by atoms with Crippen LogP contribution in [0.2, 0.25) is 0 Å². The van der Waals surface area contributed by atoms with Gasteiger partial charge >= 0.3 is 0 Å². The summed E-state index contributed by atoms with van der Waals surface area (Å²) >= 11 is 3.08. The average molecular weight is 412 g/mol. The molecule has 0 aliphatic carbocycles. The summed E-state index contributed by atoms with van der Waals surface area (Å²) in [7, 11) is 0. The largest absolute Gasteiger partial charge is 0.361 e. The van der Waals surface area contributed by atoms with Crippen LogP contribution in [0.15, 0.2) is 38.7 Å². The van der Waals surface area contributed by atoms with Crippen LogP contribution in [0.3, 0.4) is 0 Å². The molecule has 0 N–H and O–H groups in total. The Hall–Kier alpha value is -2.38. The van der Waals surface area contributed by atoms with E-state index in [0.717, 1.165) is 43.5 Å². The van der Waals surface area contributed by atoms with Crippen molar-refractivity contribution in [1.29, 1.82) is 0 Å². The van der Waals surface area contributed by atoms with Crippen LogP contribution in [-0.2, 0) is 5.75 Å². The summed E-state index contributed by atoms with van der Waals surface area (Å²) < 4.78 is 6.92. The summed E-state index contributed by atoms with van der Waals surface area (Å²) in [6.07, 6.45) is 0. The number of hydrogen-bond acceptors (Lipinski definition) is 6. The fourth-order valence-corrected chi connectivity index (χ4v) is 5.14. The third kappa shape index (κ3) is 3.18. The number of hydrogen-bond donors (Lipinski definition) is 0. The van der Waals surface area contributed by atoms with Crippen LogP contribution in [0, 0.1) is 34.6 Å². The molecule has 0 unspecified atom stereocenters. The van der Waals surface area contributed by atoms with Gasteiger partial charge < -0.3 is 4.52 Å². The van der Waals surface area contributed by atoms with E-state index in [0.29, 0.717) is 16.3 Å². The lowest BCUT2D eigenvalue weighted by Gasteiger charge is -2.15. The Labute approximate surface area is 171 Å². The highest BCUT2D eigenvalue weighted by molar-refractivity contribution is 7.98. The van der Waals surface area contributed by atoms with Crippen LogP contribution in [-0.4, -0.2) is 14.7 Å². The molecule has 0 fully saturated rings. The van der Waals surface area contributed by atoms with Gasteiger partial charge in [-0.2, -0.15) is 0 Å². The molecule has 0 saturated heterocycles. The Morgan fingerprint density at radius 2 is 1.93 bits per heavy atom. The van der Waals surface area contributed by atoms with Gasteiger partial charge in [0, 0.05) is 16.7 Å². The highest BCUT2D eigenvalue weighted by atomic mass is 32.2. The van der Waals surface area contributed by atoms with Crippen LogP contribution in [0.4, 0.5) is 0 Å². The van der Waals surface area contributed by atoms with E-state index in [-0.39, 0.29) is 5.56 Å². The Bertz CT molecular complexity index is 1250. The summed E-state index contributed by atoms with van der Waals surface area (Å²) in [6.45, 7) is 10.0. The molecule has 1 aromatic carbocycles. The molecular formula is C21H21N3O2S2. The molecular weight excluding hydrogens is 390 g/mol. The number of aryl methyl sites for hydroxylation is 4. The molecule has 0 atom stereocenters. The smallest absolute Gasteiger partial charge is 0.267 e. The lowest BCUT2D eigenvalue weighted by Crippen LogP contribution is -2.22. The zero-order valence-electron chi connectivity index (χ0n) is 16.5. The van der Waals surface area contributed by atoms with Crippen LogP contribution in [0.25, 0.3) is 15.9 Å². The minimum atomic E-state index is -0.0145. The molecule has 0 aliphatic heterocycles. The van der Waals surface area contributed by atoms with Crippen LogP contribution in [0.1, 0.15) is 33.0 Å². The van der Waals surface area contributed by atoms with E-state index < -0.39 is 0 Å². The third-order valence-electron chi connectivity index (χ3n) is 5.02. The first kappa shape index (κ1) is 19.0. The topological polar surface area (TPSA) is 60.9 Å². The van der Waals surface area contributed by atoms with Gasteiger partial charge in [0.05, 0.1) is 16.8 Å². The molecule has 0 saturated carbocycles. The number of thioether (sulfide) groups is 1. The molecule has 7 heteroatoms. The van der Waals surface area contributed by atoms with Crippen molar-refractivity contribution in [2.75, 3.05) is 0 Å². The quantitative estimate of drug-likeness (QED) is 0.338. The van der Waals surface area contributed by atoms with E-state index in [1.807, 2.05) is 45.9 Å². The standard InChI is InChI=1S/C21H21N3O2S2/c1-11-7-6-8-17(13(11)3)24-20(25)18-14(4)15(5)28-19(18)22-21(24)27-10-16-9-12(2)26-23-16/h6-9H,10H2,1-5H3. The second kappa shape index (κ2) is 7.22. The van der Waals surface area contributed by atoms with Gasteiger partial charge in [0.25, 0.3) is 5.56 Å². The van der Waals surface area contributed by atoms with E-state index >= 15 is 0 Å². The Balaban J connectivity index is 1.93. The predicted octanol–water partition coefficient (Wildman–Crippen LogP) is 5.27. The summed E-state index contributed by atoms with van der Waals surface area (Å²) in [5.74, 6) is 1.36. The van der Waals surface area contributed by atoms with Gasteiger partial charge in [0.1, 0.15) is 10.6 Å². The van der Waals surface area contributed by atoms with Crippen molar-refractivity contribution in [2.24, 2.45) is 0 Å². The normalized spacial score (nSPS) is 11.5. The second-order valence-corrected chi connectivity index (χ2v) is 9.08.